The van der Waals surface area contributed by atoms with Crippen molar-refractivity contribution < 1.29 is 4.39 Å². The third-order valence-corrected chi connectivity index (χ3v) is 4.32. The molecule has 1 N–H and O–H groups in total. The van der Waals surface area contributed by atoms with Gasteiger partial charge in [-0.15, -0.1) is 10.2 Å². The monoisotopic (exact) mass is 283 g/mol. The van der Waals surface area contributed by atoms with Crippen molar-refractivity contribution in [2.45, 2.75) is 29.6 Å². The largest absolute Gasteiger partial charge is 0.313 e. The lowest BCUT2D eigenvalue weighted by molar-refractivity contribution is 0.585. The molecule has 1 aromatic heterocycles. The Hall–Kier alpha value is -0.980. The molecule has 0 saturated heterocycles. The fourth-order valence-electron chi connectivity index (χ4n) is 1.47. The Balaban J connectivity index is 2.23. The van der Waals surface area contributed by atoms with Crippen molar-refractivity contribution in [3.63, 3.8) is 0 Å². The highest BCUT2D eigenvalue weighted by Gasteiger charge is 2.11. The second kappa shape index (κ2) is 6.26. The first-order valence-corrected chi connectivity index (χ1v) is 7.30. The zero-order valence-corrected chi connectivity index (χ0v) is 11.9. The van der Waals surface area contributed by atoms with Gasteiger partial charge in [-0.1, -0.05) is 36.1 Å². The molecule has 1 heterocycles. The molecule has 1 aromatic carbocycles. The first-order valence-electron chi connectivity index (χ1n) is 5.66. The second-order valence-corrected chi connectivity index (χ2v) is 6.16. The Kier molecular flexibility index (Phi) is 4.68. The van der Waals surface area contributed by atoms with E-state index in [0.29, 0.717) is 12.1 Å². The Labute approximate surface area is 114 Å². The molecule has 0 saturated carbocycles. The predicted octanol–water partition coefficient (Wildman–Crippen LogP) is 3.25. The molecule has 3 nitrogen and oxygen atoms in total. The molecular formula is C12H14FN3S2. The zero-order chi connectivity index (χ0) is 13.0. The van der Waals surface area contributed by atoms with Crippen LogP contribution in [0.25, 0.3) is 0 Å². The Morgan fingerprint density at radius 2 is 2.22 bits per heavy atom. The van der Waals surface area contributed by atoms with Gasteiger partial charge in [0, 0.05) is 17.0 Å². The number of nitrogens with one attached hydrogen (secondary N) is 1. The summed E-state index contributed by atoms with van der Waals surface area (Å²) in [4.78, 5) is 0.895. The van der Waals surface area contributed by atoms with Gasteiger partial charge in [-0.25, -0.2) is 4.39 Å². The van der Waals surface area contributed by atoms with Crippen LogP contribution in [0.1, 0.15) is 17.5 Å². The molecule has 2 aromatic rings. The van der Waals surface area contributed by atoms with Crippen molar-refractivity contribution in [3.05, 3.63) is 34.6 Å². The summed E-state index contributed by atoms with van der Waals surface area (Å²) in [5, 5.41) is 12.1. The first-order chi connectivity index (χ1) is 8.70. The van der Waals surface area contributed by atoms with E-state index in [1.807, 2.05) is 19.9 Å². The molecular weight excluding hydrogens is 269 g/mol. The van der Waals surface area contributed by atoms with Gasteiger partial charge in [-0.2, -0.15) is 0 Å². The fraction of sp³-hybridized carbons (Fsp3) is 0.333. The zero-order valence-electron chi connectivity index (χ0n) is 10.2. The van der Waals surface area contributed by atoms with Crippen LogP contribution in [-0.4, -0.2) is 16.7 Å². The molecule has 0 unspecified atom stereocenters. The lowest BCUT2D eigenvalue weighted by atomic mass is 10.2. The van der Waals surface area contributed by atoms with Crippen LogP contribution in [0, 0.1) is 12.7 Å². The van der Waals surface area contributed by atoms with Gasteiger partial charge in [0.2, 0.25) is 0 Å². The molecule has 18 heavy (non-hydrogen) atoms. The maximum Gasteiger partial charge on any atom is 0.179 e. The van der Waals surface area contributed by atoms with Gasteiger partial charge >= 0.3 is 0 Å². The highest BCUT2D eigenvalue weighted by Crippen LogP contribution is 2.33. The van der Waals surface area contributed by atoms with Crippen LogP contribution in [0.3, 0.4) is 0 Å². The first kappa shape index (κ1) is 13.5. The predicted molar refractivity (Wildman–Crippen MR) is 72.5 cm³/mol. The Morgan fingerprint density at radius 3 is 2.89 bits per heavy atom. The smallest absolute Gasteiger partial charge is 0.179 e. The summed E-state index contributed by atoms with van der Waals surface area (Å²) in [5.41, 5.74) is 0.692. The average molecular weight is 283 g/mol. The highest BCUT2D eigenvalue weighted by molar-refractivity contribution is 8.01. The van der Waals surface area contributed by atoms with Crippen molar-refractivity contribution in [2.75, 3.05) is 6.54 Å². The van der Waals surface area contributed by atoms with Crippen LogP contribution in [0.15, 0.2) is 27.4 Å². The third-order valence-electron chi connectivity index (χ3n) is 2.33. The van der Waals surface area contributed by atoms with Gasteiger partial charge in [-0.05, 0) is 25.6 Å². The summed E-state index contributed by atoms with van der Waals surface area (Å²) >= 11 is 2.98. The van der Waals surface area contributed by atoms with E-state index < -0.39 is 0 Å². The highest BCUT2D eigenvalue weighted by atomic mass is 32.2. The van der Waals surface area contributed by atoms with E-state index in [9.17, 15) is 4.39 Å². The van der Waals surface area contributed by atoms with E-state index in [2.05, 4.69) is 15.5 Å². The van der Waals surface area contributed by atoms with E-state index in [0.717, 1.165) is 20.8 Å². The van der Waals surface area contributed by atoms with Crippen molar-refractivity contribution in [3.8, 4) is 0 Å². The van der Waals surface area contributed by atoms with Crippen molar-refractivity contribution >= 4 is 23.1 Å². The Morgan fingerprint density at radius 1 is 1.39 bits per heavy atom. The van der Waals surface area contributed by atoms with E-state index in [1.54, 1.807) is 6.07 Å². The fourth-order valence-corrected chi connectivity index (χ4v) is 3.39. The number of nitrogens with zero attached hydrogens (tertiary/aromatic N) is 2. The van der Waals surface area contributed by atoms with E-state index in [4.69, 9.17) is 0 Å². The van der Waals surface area contributed by atoms with Crippen molar-refractivity contribution in [1.29, 1.82) is 0 Å². The van der Waals surface area contributed by atoms with E-state index in [1.165, 1.54) is 29.2 Å². The number of hydrogen-bond acceptors (Lipinski definition) is 5. The average Bonchev–Trinajstić information content (AvgIpc) is 2.74. The van der Waals surface area contributed by atoms with E-state index in [-0.39, 0.29) is 5.82 Å². The molecule has 2 rings (SSSR count). The minimum absolute atomic E-state index is 0.179. The number of benzene rings is 1. The molecule has 0 aliphatic carbocycles. The number of rotatable bonds is 5. The van der Waals surface area contributed by atoms with E-state index >= 15 is 0 Å². The van der Waals surface area contributed by atoms with Crippen molar-refractivity contribution in [2.24, 2.45) is 0 Å². The topological polar surface area (TPSA) is 37.8 Å². The molecule has 6 heteroatoms. The summed E-state index contributed by atoms with van der Waals surface area (Å²) in [5.74, 6) is -0.179. The van der Waals surface area contributed by atoms with Crippen LogP contribution >= 0.6 is 23.1 Å². The standard InChI is InChI=1S/C12H14FN3S2/c1-3-14-7-9-10(13)5-4-6-11(9)18-12-16-15-8(2)17-12/h4-6,14H,3,7H2,1-2H3. The van der Waals surface area contributed by atoms with Gasteiger partial charge in [-0.3, -0.25) is 0 Å². The summed E-state index contributed by atoms with van der Waals surface area (Å²) in [6.07, 6.45) is 0. The number of aryl methyl sites for hydroxylation is 1. The molecule has 0 fully saturated rings. The molecule has 0 aliphatic heterocycles. The lowest BCUT2D eigenvalue weighted by Crippen LogP contribution is -2.13. The molecule has 0 amide bonds. The maximum atomic E-state index is 13.8. The van der Waals surface area contributed by atoms with Crippen LogP contribution in [0.5, 0.6) is 0 Å². The van der Waals surface area contributed by atoms with Gasteiger partial charge in [0.05, 0.1) is 0 Å². The molecule has 0 radical (unpaired) electrons. The van der Waals surface area contributed by atoms with Gasteiger partial charge in [0.1, 0.15) is 10.8 Å². The maximum absolute atomic E-state index is 13.8. The quantitative estimate of drug-likeness (QED) is 0.914. The molecule has 0 bridgehead atoms. The summed E-state index contributed by atoms with van der Waals surface area (Å²) in [6, 6.07) is 5.13. The lowest BCUT2D eigenvalue weighted by Gasteiger charge is -2.09. The number of halogens is 1. The molecule has 0 aliphatic rings. The van der Waals surface area contributed by atoms with Crippen LogP contribution in [0.2, 0.25) is 0 Å². The minimum atomic E-state index is -0.179. The molecule has 0 atom stereocenters. The van der Waals surface area contributed by atoms with Gasteiger partial charge < -0.3 is 5.32 Å². The summed E-state index contributed by atoms with van der Waals surface area (Å²) in [7, 11) is 0. The molecule has 0 spiro atoms. The van der Waals surface area contributed by atoms with Gasteiger partial charge in [0.25, 0.3) is 0 Å². The normalized spacial score (nSPS) is 10.8. The summed E-state index contributed by atoms with van der Waals surface area (Å²) in [6.45, 7) is 5.26. The third kappa shape index (κ3) is 3.28. The minimum Gasteiger partial charge on any atom is -0.313 e. The van der Waals surface area contributed by atoms with Gasteiger partial charge in [0.15, 0.2) is 4.34 Å². The number of aromatic nitrogens is 2. The number of hydrogen-bond donors (Lipinski definition) is 1. The second-order valence-electron chi connectivity index (χ2n) is 3.69. The van der Waals surface area contributed by atoms with Crippen LogP contribution < -0.4 is 5.32 Å². The SMILES string of the molecule is CCNCc1c(F)cccc1Sc1nnc(C)s1. The van der Waals surface area contributed by atoms with Crippen molar-refractivity contribution in [1.82, 2.24) is 15.5 Å². The van der Waals surface area contributed by atoms with Crippen LogP contribution in [-0.2, 0) is 6.54 Å². The molecule has 96 valence electrons. The summed E-state index contributed by atoms with van der Waals surface area (Å²) < 4.78 is 14.6. The van der Waals surface area contributed by atoms with Crippen LogP contribution in [0.4, 0.5) is 4.39 Å². The Bertz CT molecular complexity index is 528.